The number of rotatable bonds is 6. The lowest BCUT2D eigenvalue weighted by molar-refractivity contribution is -0.137. The number of methoxy groups -OCH3 is 1. The number of hydrogen-bond acceptors (Lipinski definition) is 3. The highest BCUT2D eigenvalue weighted by molar-refractivity contribution is 5.93. The second-order valence-corrected chi connectivity index (χ2v) is 5.32. The van der Waals surface area contributed by atoms with E-state index in [0.717, 1.165) is 5.69 Å². The van der Waals surface area contributed by atoms with Crippen molar-refractivity contribution in [3.63, 3.8) is 0 Å². The minimum absolute atomic E-state index is 0.193. The number of carboxylic acid groups (broad SMARTS) is 1. The maximum atomic E-state index is 12.4. The Morgan fingerprint density at radius 1 is 1.22 bits per heavy atom. The van der Waals surface area contributed by atoms with Crippen molar-refractivity contribution in [2.75, 3.05) is 7.11 Å². The number of carboxylic acids is 1. The van der Waals surface area contributed by atoms with E-state index in [9.17, 15) is 9.59 Å². The number of carbonyl (C=O) groups is 2. The van der Waals surface area contributed by atoms with Gasteiger partial charge in [-0.3, -0.25) is 9.59 Å². The van der Waals surface area contributed by atoms with Gasteiger partial charge in [-0.1, -0.05) is 12.1 Å². The summed E-state index contributed by atoms with van der Waals surface area (Å²) in [7, 11) is 3.35. The summed E-state index contributed by atoms with van der Waals surface area (Å²) >= 11 is 0. The topological polar surface area (TPSA) is 80.6 Å². The highest BCUT2D eigenvalue weighted by atomic mass is 16.5. The fraction of sp³-hybridized carbons (Fsp3) is 0.294. The number of benzene rings is 1. The molecule has 0 radical (unpaired) electrons. The van der Waals surface area contributed by atoms with Crippen molar-refractivity contribution in [3.8, 4) is 5.75 Å². The van der Waals surface area contributed by atoms with E-state index in [2.05, 4.69) is 5.32 Å². The molecule has 0 aliphatic heterocycles. The molecule has 0 fully saturated rings. The highest BCUT2D eigenvalue weighted by Crippen LogP contribution is 2.21. The maximum absolute atomic E-state index is 12.4. The van der Waals surface area contributed by atoms with E-state index >= 15 is 0 Å². The molecule has 1 atom stereocenters. The molecule has 6 nitrogen and oxygen atoms in total. The summed E-state index contributed by atoms with van der Waals surface area (Å²) in [4.78, 5) is 23.5. The predicted octanol–water partition coefficient (Wildman–Crippen LogP) is 2.29. The van der Waals surface area contributed by atoms with Crippen LogP contribution in [0.2, 0.25) is 0 Å². The molecular weight excluding hydrogens is 296 g/mol. The molecule has 0 aliphatic carbocycles. The third kappa shape index (κ3) is 3.91. The molecular formula is C17H20N2O4. The van der Waals surface area contributed by atoms with Crippen molar-refractivity contribution >= 4 is 11.9 Å². The van der Waals surface area contributed by atoms with Crippen LogP contribution in [-0.2, 0) is 11.8 Å². The molecule has 0 bridgehead atoms. The molecule has 1 aromatic heterocycles. The molecule has 1 aromatic carbocycles. The molecule has 2 rings (SSSR count). The largest absolute Gasteiger partial charge is 0.497 e. The number of aliphatic carboxylic acids is 1. The van der Waals surface area contributed by atoms with Crippen molar-refractivity contribution in [2.45, 2.75) is 19.4 Å². The molecule has 23 heavy (non-hydrogen) atoms. The summed E-state index contributed by atoms with van der Waals surface area (Å²) in [5.41, 5.74) is 2.16. The third-order valence-electron chi connectivity index (χ3n) is 3.81. The van der Waals surface area contributed by atoms with Gasteiger partial charge in [0.15, 0.2) is 0 Å². The van der Waals surface area contributed by atoms with Gasteiger partial charge >= 0.3 is 5.97 Å². The number of aromatic nitrogens is 1. The standard InChI is InChI=1S/C17H20N2O4/c1-11-4-9-15(19(11)2)17(22)18-14(10-16(20)21)12-5-7-13(23-3)8-6-12/h4-9,14H,10H2,1-3H3,(H,18,22)(H,20,21)/t14-/m1/s1. The first-order valence-electron chi connectivity index (χ1n) is 7.21. The predicted molar refractivity (Wildman–Crippen MR) is 85.6 cm³/mol. The van der Waals surface area contributed by atoms with Gasteiger partial charge in [0.25, 0.3) is 5.91 Å². The number of amides is 1. The van der Waals surface area contributed by atoms with E-state index in [1.165, 1.54) is 0 Å². The summed E-state index contributed by atoms with van der Waals surface area (Å²) in [6.45, 7) is 1.90. The van der Waals surface area contributed by atoms with E-state index in [0.29, 0.717) is 17.0 Å². The average molecular weight is 316 g/mol. The molecule has 2 N–H and O–H groups in total. The smallest absolute Gasteiger partial charge is 0.305 e. The number of carbonyl (C=O) groups excluding carboxylic acids is 1. The fourth-order valence-electron chi connectivity index (χ4n) is 2.34. The lowest BCUT2D eigenvalue weighted by Gasteiger charge is -2.18. The van der Waals surface area contributed by atoms with Crippen LogP contribution in [0.25, 0.3) is 0 Å². The van der Waals surface area contributed by atoms with E-state index in [1.54, 1.807) is 49.1 Å². The first kappa shape index (κ1) is 16.6. The minimum atomic E-state index is -0.978. The molecule has 1 amide bonds. The van der Waals surface area contributed by atoms with Gasteiger partial charge in [-0.15, -0.1) is 0 Å². The lowest BCUT2D eigenvalue weighted by atomic mass is 10.0. The maximum Gasteiger partial charge on any atom is 0.305 e. The van der Waals surface area contributed by atoms with Crippen LogP contribution >= 0.6 is 0 Å². The first-order valence-corrected chi connectivity index (χ1v) is 7.21. The van der Waals surface area contributed by atoms with Gasteiger partial charge in [-0.2, -0.15) is 0 Å². The van der Waals surface area contributed by atoms with Crippen LogP contribution in [0.4, 0.5) is 0 Å². The van der Waals surface area contributed by atoms with Gasteiger partial charge in [0, 0.05) is 12.7 Å². The van der Waals surface area contributed by atoms with Gasteiger partial charge in [0.05, 0.1) is 19.6 Å². The number of hydrogen-bond donors (Lipinski definition) is 2. The molecule has 1 heterocycles. The third-order valence-corrected chi connectivity index (χ3v) is 3.81. The highest BCUT2D eigenvalue weighted by Gasteiger charge is 2.20. The summed E-state index contributed by atoms with van der Waals surface area (Å²) in [5.74, 6) is -0.607. The van der Waals surface area contributed by atoms with E-state index in [-0.39, 0.29) is 12.3 Å². The number of ether oxygens (including phenoxy) is 1. The quantitative estimate of drug-likeness (QED) is 0.857. The molecule has 2 aromatic rings. The van der Waals surface area contributed by atoms with Crippen LogP contribution in [0, 0.1) is 6.92 Å². The second-order valence-electron chi connectivity index (χ2n) is 5.32. The van der Waals surface area contributed by atoms with Crippen LogP contribution < -0.4 is 10.1 Å². The van der Waals surface area contributed by atoms with E-state index < -0.39 is 12.0 Å². The fourth-order valence-corrected chi connectivity index (χ4v) is 2.34. The second kappa shape index (κ2) is 7.00. The Hall–Kier alpha value is -2.76. The van der Waals surface area contributed by atoms with Crippen LogP contribution in [0.3, 0.4) is 0 Å². The Labute approximate surface area is 134 Å². The van der Waals surface area contributed by atoms with Crippen molar-refractivity contribution in [2.24, 2.45) is 7.05 Å². The van der Waals surface area contributed by atoms with E-state index in [4.69, 9.17) is 9.84 Å². The van der Waals surface area contributed by atoms with Crippen molar-refractivity contribution in [1.82, 2.24) is 9.88 Å². The lowest BCUT2D eigenvalue weighted by Crippen LogP contribution is -2.31. The van der Waals surface area contributed by atoms with Gasteiger partial charge in [-0.05, 0) is 36.8 Å². The van der Waals surface area contributed by atoms with Crippen LogP contribution in [-0.4, -0.2) is 28.7 Å². The Morgan fingerprint density at radius 2 is 1.87 bits per heavy atom. The number of nitrogens with zero attached hydrogens (tertiary/aromatic N) is 1. The first-order chi connectivity index (χ1) is 10.9. The van der Waals surface area contributed by atoms with Gasteiger partial charge in [-0.25, -0.2) is 0 Å². The van der Waals surface area contributed by atoms with Gasteiger partial charge < -0.3 is 19.7 Å². The summed E-state index contributed by atoms with van der Waals surface area (Å²) in [6, 6.07) is 9.93. The normalized spacial score (nSPS) is 11.8. The molecule has 0 saturated carbocycles. The van der Waals surface area contributed by atoms with Crippen molar-refractivity contribution in [1.29, 1.82) is 0 Å². The SMILES string of the molecule is COc1ccc([C@@H](CC(=O)O)NC(=O)c2ccc(C)n2C)cc1. The zero-order chi connectivity index (χ0) is 17.0. The van der Waals surface area contributed by atoms with Gasteiger partial charge in [0.1, 0.15) is 11.4 Å². The summed E-state index contributed by atoms with van der Waals surface area (Å²) < 4.78 is 6.86. The molecule has 122 valence electrons. The van der Waals surface area contributed by atoms with Crippen molar-refractivity contribution in [3.05, 3.63) is 53.3 Å². The molecule has 0 aliphatic rings. The number of aryl methyl sites for hydroxylation is 1. The minimum Gasteiger partial charge on any atom is -0.497 e. The summed E-state index contributed by atoms with van der Waals surface area (Å²) in [6.07, 6.45) is -0.193. The Bertz CT molecular complexity index is 704. The molecule has 6 heteroatoms. The van der Waals surface area contributed by atoms with Crippen LogP contribution in [0.5, 0.6) is 5.75 Å². The molecule has 0 saturated heterocycles. The Balaban J connectivity index is 2.22. The Kier molecular flexibility index (Phi) is 5.05. The summed E-state index contributed by atoms with van der Waals surface area (Å²) in [5, 5.41) is 11.9. The average Bonchev–Trinajstić information content (AvgIpc) is 2.86. The van der Waals surface area contributed by atoms with Crippen LogP contribution in [0.1, 0.15) is 34.2 Å². The van der Waals surface area contributed by atoms with Gasteiger partial charge in [0.2, 0.25) is 0 Å². The zero-order valence-corrected chi connectivity index (χ0v) is 13.4. The molecule has 0 unspecified atom stereocenters. The van der Waals surface area contributed by atoms with E-state index in [1.807, 2.05) is 13.0 Å². The Morgan fingerprint density at radius 3 is 2.35 bits per heavy atom. The number of nitrogens with one attached hydrogen (secondary N) is 1. The zero-order valence-electron chi connectivity index (χ0n) is 13.4. The van der Waals surface area contributed by atoms with Crippen LogP contribution in [0.15, 0.2) is 36.4 Å². The monoisotopic (exact) mass is 316 g/mol. The van der Waals surface area contributed by atoms with Crippen molar-refractivity contribution < 1.29 is 19.4 Å². The molecule has 0 spiro atoms.